The van der Waals surface area contributed by atoms with Crippen molar-refractivity contribution < 1.29 is 9.32 Å². The Balaban J connectivity index is 1.65. The summed E-state index contributed by atoms with van der Waals surface area (Å²) in [4.78, 5) is 14.8. The van der Waals surface area contributed by atoms with Crippen LogP contribution in [0.2, 0.25) is 0 Å². The van der Waals surface area contributed by atoms with Crippen molar-refractivity contribution in [2.24, 2.45) is 0 Å². The van der Waals surface area contributed by atoms with Crippen molar-refractivity contribution in [2.45, 2.75) is 59.2 Å². The monoisotopic (exact) mass is 331 g/mol. The molecule has 2 atom stereocenters. The van der Waals surface area contributed by atoms with Crippen molar-refractivity contribution in [2.75, 3.05) is 11.9 Å². The molecule has 0 radical (unpaired) electrons. The molecule has 3 rings (SSSR count). The first-order valence-electron chi connectivity index (χ1n) is 8.45. The van der Waals surface area contributed by atoms with Crippen LogP contribution in [0, 0.1) is 20.8 Å². The van der Waals surface area contributed by atoms with Gasteiger partial charge in [-0.2, -0.15) is 5.10 Å². The van der Waals surface area contributed by atoms with E-state index in [1.165, 1.54) is 0 Å². The molecule has 130 valence electrons. The van der Waals surface area contributed by atoms with Gasteiger partial charge in [-0.3, -0.25) is 19.7 Å². The molecule has 24 heavy (non-hydrogen) atoms. The van der Waals surface area contributed by atoms with Gasteiger partial charge in [-0.1, -0.05) is 5.16 Å². The number of amides is 1. The van der Waals surface area contributed by atoms with Crippen LogP contribution in [0.15, 0.2) is 16.7 Å². The molecule has 0 spiro atoms. The van der Waals surface area contributed by atoms with Crippen LogP contribution in [-0.4, -0.2) is 44.4 Å². The van der Waals surface area contributed by atoms with Crippen molar-refractivity contribution in [1.29, 1.82) is 0 Å². The van der Waals surface area contributed by atoms with Gasteiger partial charge in [0.05, 0.1) is 24.0 Å². The molecule has 1 amide bonds. The van der Waals surface area contributed by atoms with Crippen LogP contribution >= 0.6 is 0 Å². The van der Waals surface area contributed by atoms with Crippen LogP contribution in [0.3, 0.4) is 0 Å². The lowest BCUT2D eigenvalue weighted by molar-refractivity contribution is -0.121. The minimum atomic E-state index is -0.222. The lowest BCUT2D eigenvalue weighted by Crippen LogP contribution is -2.46. The highest BCUT2D eigenvalue weighted by molar-refractivity contribution is 5.93. The number of likely N-dealkylation sites (tertiary alicyclic amines) is 1. The van der Waals surface area contributed by atoms with E-state index in [9.17, 15) is 4.79 Å². The van der Waals surface area contributed by atoms with Crippen LogP contribution < -0.4 is 5.32 Å². The number of rotatable bonds is 5. The van der Waals surface area contributed by atoms with E-state index in [0.29, 0.717) is 11.9 Å². The normalized spacial score (nSPS) is 19.6. The fraction of sp³-hybridized carbons (Fsp3) is 0.588. The van der Waals surface area contributed by atoms with Gasteiger partial charge in [-0.05, 0) is 53.1 Å². The van der Waals surface area contributed by atoms with Gasteiger partial charge in [-0.25, -0.2) is 0 Å². The summed E-state index contributed by atoms with van der Waals surface area (Å²) in [6, 6.07) is 3.91. The van der Waals surface area contributed by atoms with E-state index in [2.05, 4.69) is 33.5 Å². The largest absolute Gasteiger partial charge is 0.338 e. The Morgan fingerprint density at radius 3 is 2.79 bits per heavy atom. The molecule has 0 aromatic carbocycles. The Morgan fingerprint density at radius 1 is 1.38 bits per heavy atom. The summed E-state index contributed by atoms with van der Waals surface area (Å²) in [6.07, 6.45) is 2.18. The van der Waals surface area contributed by atoms with Gasteiger partial charge in [0.25, 0.3) is 0 Å². The lowest BCUT2D eigenvalue weighted by Gasteiger charge is -2.29. The fourth-order valence-corrected chi connectivity index (χ4v) is 3.42. The summed E-state index contributed by atoms with van der Waals surface area (Å²) >= 11 is 0. The molecular formula is C17H25N5O2. The van der Waals surface area contributed by atoms with Gasteiger partial charge in [0.2, 0.25) is 11.8 Å². The molecule has 1 fully saturated rings. The van der Waals surface area contributed by atoms with Crippen molar-refractivity contribution in [3.8, 4) is 0 Å². The van der Waals surface area contributed by atoms with E-state index in [1.54, 1.807) is 6.07 Å². The highest BCUT2D eigenvalue weighted by atomic mass is 16.5. The Hall–Kier alpha value is -2.15. The molecule has 2 aromatic heterocycles. The minimum absolute atomic E-state index is 0.0635. The zero-order valence-electron chi connectivity index (χ0n) is 14.7. The van der Waals surface area contributed by atoms with E-state index in [-0.39, 0.29) is 11.9 Å². The van der Waals surface area contributed by atoms with Gasteiger partial charge >= 0.3 is 0 Å². The topological polar surface area (TPSA) is 76.2 Å². The van der Waals surface area contributed by atoms with Crippen molar-refractivity contribution in [3.05, 3.63) is 29.2 Å². The second-order valence-electron chi connectivity index (χ2n) is 6.64. The summed E-state index contributed by atoms with van der Waals surface area (Å²) in [6.45, 7) is 9.59. The Labute approximate surface area is 142 Å². The highest BCUT2D eigenvalue weighted by Gasteiger charge is 2.33. The van der Waals surface area contributed by atoms with E-state index >= 15 is 0 Å². The Morgan fingerprint density at radius 2 is 2.17 bits per heavy atom. The first kappa shape index (κ1) is 16.7. The van der Waals surface area contributed by atoms with Crippen LogP contribution in [0.25, 0.3) is 0 Å². The van der Waals surface area contributed by atoms with Gasteiger partial charge in [0.1, 0.15) is 0 Å². The standard InChI is InChI=1S/C17H25N5O2/c1-11-8-13(3)22(19-11)10-15-6-5-7-21(15)14(4)17(23)18-16-9-12(2)20-24-16/h8-9,14-15H,5-7,10H2,1-4H3,(H,18,23)/t14-,15+/m0/s1. The molecule has 0 bridgehead atoms. The molecule has 0 saturated carbocycles. The minimum Gasteiger partial charge on any atom is -0.338 e. The van der Waals surface area contributed by atoms with Crippen LogP contribution in [0.4, 0.5) is 5.88 Å². The van der Waals surface area contributed by atoms with E-state index in [0.717, 1.165) is 43.0 Å². The molecule has 7 nitrogen and oxygen atoms in total. The number of nitrogens with one attached hydrogen (secondary N) is 1. The number of aromatic nitrogens is 3. The number of carbonyl (C=O) groups excluding carboxylic acids is 1. The number of hydrogen-bond donors (Lipinski definition) is 1. The summed E-state index contributed by atoms with van der Waals surface area (Å²) in [5, 5.41) is 11.2. The molecule has 7 heteroatoms. The van der Waals surface area contributed by atoms with E-state index in [1.807, 2.05) is 25.5 Å². The SMILES string of the molecule is Cc1cc(NC(=O)[C@H](C)N2CCC[C@@H]2Cn2nc(C)cc2C)on1. The lowest BCUT2D eigenvalue weighted by atomic mass is 10.2. The van der Waals surface area contributed by atoms with Gasteiger partial charge in [0.15, 0.2) is 0 Å². The zero-order chi connectivity index (χ0) is 17.3. The fourth-order valence-electron chi connectivity index (χ4n) is 3.42. The third kappa shape index (κ3) is 3.51. The molecule has 1 saturated heterocycles. The molecule has 1 N–H and O–H groups in total. The van der Waals surface area contributed by atoms with Crippen LogP contribution in [0.5, 0.6) is 0 Å². The predicted molar refractivity (Wildman–Crippen MR) is 90.8 cm³/mol. The molecular weight excluding hydrogens is 306 g/mol. The molecule has 3 heterocycles. The van der Waals surface area contributed by atoms with Crippen molar-refractivity contribution in [1.82, 2.24) is 19.8 Å². The van der Waals surface area contributed by atoms with Gasteiger partial charge in [0, 0.05) is 17.8 Å². The summed E-state index contributed by atoms with van der Waals surface area (Å²) in [5.74, 6) is 0.338. The van der Waals surface area contributed by atoms with E-state index < -0.39 is 0 Å². The first-order chi connectivity index (χ1) is 11.4. The Kier molecular flexibility index (Phi) is 4.71. The summed E-state index contributed by atoms with van der Waals surface area (Å²) in [7, 11) is 0. The first-order valence-corrected chi connectivity index (χ1v) is 8.45. The summed E-state index contributed by atoms with van der Waals surface area (Å²) < 4.78 is 7.12. The smallest absolute Gasteiger partial charge is 0.243 e. The molecule has 2 aromatic rings. The number of carbonyl (C=O) groups is 1. The molecule has 1 aliphatic rings. The highest BCUT2D eigenvalue weighted by Crippen LogP contribution is 2.23. The third-order valence-corrected chi connectivity index (χ3v) is 4.66. The molecule has 0 aliphatic carbocycles. The third-order valence-electron chi connectivity index (χ3n) is 4.66. The zero-order valence-corrected chi connectivity index (χ0v) is 14.7. The maximum absolute atomic E-state index is 12.5. The average Bonchev–Trinajstić information content (AvgIpc) is 3.21. The summed E-state index contributed by atoms with van der Waals surface area (Å²) in [5.41, 5.74) is 2.94. The average molecular weight is 331 g/mol. The quantitative estimate of drug-likeness (QED) is 0.910. The number of aryl methyl sites for hydroxylation is 3. The second kappa shape index (κ2) is 6.76. The molecule has 0 unspecified atom stereocenters. The predicted octanol–water partition coefficient (Wildman–Crippen LogP) is 2.29. The second-order valence-corrected chi connectivity index (χ2v) is 6.64. The van der Waals surface area contributed by atoms with Crippen LogP contribution in [-0.2, 0) is 11.3 Å². The number of nitrogens with zero attached hydrogens (tertiary/aromatic N) is 4. The van der Waals surface area contributed by atoms with Gasteiger partial charge in [-0.15, -0.1) is 0 Å². The number of anilines is 1. The molecule has 1 aliphatic heterocycles. The van der Waals surface area contributed by atoms with Gasteiger partial charge < -0.3 is 4.52 Å². The Bertz CT molecular complexity index is 720. The maximum atomic E-state index is 12.5. The number of hydrogen-bond acceptors (Lipinski definition) is 5. The van der Waals surface area contributed by atoms with Crippen molar-refractivity contribution >= 4 is 11.8 Å². The van der Waals surface area contributed by atoms with E-state index in [4.69, 9.17) is 4.52 Å². The van der Waals surface area contributed by atoms with Crippen molar-refractivity contribution in [3.63, 3.8) is 0 Å². The maximum Gasteiger partial charge on any atom is 0.243 e. The van der Waals surface area contributed by atoms with Crippen LogP contribution in [0.1, 0.15) is 36.8 Å².